The predicted octanol–water partition coefficient (Wildman–Crippen LogP) is 16.5. The predicted molar refractivity (Wildman–Crippen MR) is 247 cm³/mol. The summed E-state index contributed by atoms with van der Waals surface area (Å²) in [7, 11) is 0. The second kappa shape index (κ2) is 44.9. The van der Waals surface area contributed by atoms with E-state index in [9.17, 15) is 14.4 Å². The van der Waals surface area contributed by atoms with Crippen molar-refractivity contribution < 1.29 is 28.6 Å². The summed E-state index contributed by atoms with van der Waals surface area (Å²) in [5.41, 5.74) is 0. The van der Waals surface area contributed by atoms with Crippen molar-refractivity contribution in [1.82, 2.24) is 0 Å². The molecule has 0 fully saturated rings. The van der Waals surface area contributed by atoms with Crippen LogP contribution in [-0.2, 0) is 28.6 Å². The molecule has 0 aliphatic carbocycles. The first-order chi connectivity index (χ1) is 28.3. The number of carbonyl (C=O) groups is 3. The zero-order valence-corrected chi connectivity index (χ0v) is 39.7. The van der Waals surface area contributed by atoms with Gasteiger partial charge in [0, 0.05) is 19.3 Å². The van der Waals surface area contributed by atoms with Crippen LogP contribution < -0.4 is 0 Å². The average molecular weight is 821 g/mol. The molecule has 0 saturated heterocycles. The van der Waals surface area contributed by atoms with Crippen LogP contribution in [0, 0.1) is 11.8 Å². The molecule has 0 bridgehead atoms. The van der Waals surface area contributed by atoms with E-state index < -0.39 is 6.10 Å². The topological polar surface area (TPSA) is 78.9 Å². The minimum atomic E-state index is -0.760. The van der Waals surface area contributed by atoms with Gasteiger partial charge in [-0.15, -0.1) is 0 Å². The first kappa shape index (κ1) is 56.4. The van der Waals surface area contributed by atoms with Gasteiger partial charge in [-0.25, -0.2) is 0 Å². The molecule has 0 aromatic rings. The third-order valence-electron chi connectivity index (χ3n) is 12.1. The van der Waals surface area contributed by atoms with Gasteiger partial charge in [-0.1, -0.05) is 247 Å². The maximum atomic E-state index is 12.7. The molecule has 0 saturated carbocycles. The number of hydrogen-bond acceptors (Lipinski definition) is 6. The van der Waals surface area contributed by atoms with Crippen LogP contribution in [0.4, 0.5) is 0 Å². The van der Waals surface area contributed by atoms with Crippen molar-refractivity contribution in [2.24, 2.45) is 11.8 Å². The van der Waals surface area contributed by atoms with E-state index in [0.717, 1.165) is 69.6 Å². The Hall–Kier alpha value is -1.59. The average Bonchev–Trinajstić information content (AvgIpc) is 3.21. The lowest BCUT2D eigenvalue weighted by Gasteiger charge is -2.18. The van der Waals surface area contributed by atoms with Gasteiger partial charge in [0.2, 0.25) is 0 Å². The Labute approximate surface area is 361 Å². The fraction of sp³-hybridized carbons (Fsp3) is 0.942. The van der Waals surface area contributed by atoms with E-state index in [1.807, 2.05) is 0 Å². The fourth-order valence-electron chi connectivity index (χ4n) is 7.78. The van der Waals surface area contributed by atoms with Crippen LogP contribution in [0.15, 0.2) is 0 Å². The van der Waals surface area contributed by atoms with Gasteiger partial charge < -0.3 is 14.2 Å². The van der Waals surface area contributed by atoms with Crippen molar-refractivity contribution in [1.29, 1.82) is 0 Å². The Bertz CT molecular complexity index is 887. The molecule has 2 atom stereocenters. The van der Waals surface area contributed by atoms with Gasteiger partial charge in [0.15, 0.2) is 6.10 Å². The number of rotatable bonds is 46. The fourth-order valence-corrected chi connectivity index (χ4v) is 7.78. The van der Waals surface area contributed by atoms with E-state index in [0.29, 0.717) is 19.3 Å². The molecule has 0 aliphatic rings. The summed E-state index contributed by atoms with van der Waals surface area (Å²) >= 11 is 0. The van der Waals surface area contributed by atoms with E-state index in [2.05, 4.69) is 34.6 Å². The van der Waals surface area contributed by atoms with Gasteiger partial charge in [-0.2, -0.15) is 0 Å². The van der Waals surface area contributed by atoms with Crippen molar-refractivity contribution >= 4 is 17.9 Å². The highest BCUT2D eigenvalue weighted by molar-refractivity contribution is 5.71. The third kappa shape index (κ3) is 44.0. The molecule has 58 heavy (non-hydrogen) atoms. The summed E-state index contributed by atoms with van der Waals surface area (Å²) in [6.07, 6.45) is 45.2. The molecule has 0 aromatic heterocycles. The van der Waals surface area contributed by atoms with Gasteiger partial charge in [-0.05, 0) is 31.1 Å². The minimum Gasteiger partial charge on any atom is -0.462 e. The van der Waals surface area contributed by atoms with Crippen LogP contribution in [0.2, 0.25) is 0 Å². The summed E-state index contributed by atoms with van der Waals surface area (Å²) in [4.78, 5) is 37.8. The maximum absolute atomic E-state index is 12.7. The van der Waals surface area contributed by atoms with Crippen LogP contribution in [0.3, 0.4) is 0 Å². The largest absolute Gasteiger partial charge is 0.462 e. The molecule has 6 nitrogen and oxygen atoms in total. The van der Waals surface area contributed by atoms with Crippen LogP contribution in [0.5, 0.6) is 0 Å². The summed E-state index contributed by atoms with van der Waals surface area (Å²) in [6.45, 7) is 11.4. The molecular weight excluding hydrogens is 721 g/mol. The smallest absolute Gasteiger partial charge is 0.306 e. The Morgan fingerprint density at radius 2 is 0.655 bits per heavy atom. The second-order valence-corrected chi connectivity index (χ2v) is 18.5. The molecule has 0 aromatic carbocycles. The van der Waals surface area contributed by atoms with Crippen molar-refractivity contribution in [2.75, 3.05) is 13.2 Å². The van der Waals surface area contributed by atoms with Crippen LogP contribution in [0.1, 0.15) is 285 Å². The van der Waals surface area contributed by atoms with Crippen LogP contribution in [-0.4, -0.2) is 37.2 Å². The Morgan fingerprint density at radius 3 is 0.983 bits per heavy atom. The molecule has 1 unspecified atom stereocenters. The number of esters is 3. The zero-order chi connectivity index (χ0) is 42.6. The number of unbranched alkanes of at least 4 members (excludes halogenated alkanes) is 30. The lowest BCUT2D eigenvalue weighted by atomic mass is 9.99. The lowest BCUT2D eigenvalue weighted by Crippen LogP contribution is -2.30. The Morgan fingerprint density at radius 1 is 0.362 bits per heavy atom. The molecule has 0 rings (SSSR count). The van der Waals surface area contributed by atoms with Gasteiger partial charge >= 0.3 is 17.9 Å². The van der Waals surface area contributed by atoms with Crippen molar-refractivity contribution in [3.8, 4) is 0 Å². The lowest BCUT2D eigenvalue weighted by molar-refractivity contribution is -0.167. The first-order valence-corrected chi connectivity index (χ1v) is 25.8. The highest BCUT2D eigenvalue weighted by Crippen LogP contribution is 2.18. The minimum absolute atomic E-state index is 0.0641. The quantitative estimate of drug-likeness (QED) is 0.0346. The van der Waals surface area contributed by atoms with Gasteiger partial charge in [-0.3, -0.25) is 14.4 Å². The van der Waals surface area contributed by atoms with E-state index in [4.69, 9.17) is 14.2 Å². The SMILES string of the molecule is CCCCCCCCCCCC(=O)O[C@H](COC(=O)CCCCCCCCCCCCCCCCCCC(C)C)COC(=O)CCCCCCCCCCC(C)CC. The van der Waals surface area contributed by atoms with E-state index in [1.165, 1.54) is 173 Å². The summed E-state index contributed by atoms with van der Waals surface area (Å²) in [6, 6.07) is 0. The summed E-state index contributed by atoms with van der Waals surface area (Å²) in [5.74, 6) is 0.848. The van der Waals surface area contributed by atoms with E-state index >= 15 is 0 Å². The summed E-state index contributed by atoms with van der Waals surface area (Å²) < 4.78 is 16.8. The van der Waals surface area contributed by atoms with Crippen LogP contribution in [0.25, 0.3) is 0 Å². The molecule has 0 amide bonds. The highest BCUT2D eigenvalue weighted by Gasteiger charge is 2.19. The Balaban J connectivity index is 4.21. The number of ether oxygens (including phenoxy) is 3. The van der Waals surface area contributed by atoms with E-state index in [1.54, 1.807) is 0 Å². The number of carbonyl (C=O) groups excluding carboxylic acids is 3. The molecule has 6 heteroatoms. The summed E-state index contributed by atoms with van der Waals surface area (Å²) in [5, 5.41) is 0. The highest BCUT2D eigenvalue weighted by atomic mass is 16.6. The molecule has 0 spiro atoms. The van der Waals surface area contributed by atoms with Crippen molar-refractivity contribution in [2.45, 2.75) is 291 Å². The molecular formula is C52H100O6. The third-order valence-corrected chi connectivity index (χ3v) is 12.1. The first-order valence-electron chi connectivity index (χ1n) is 25.8. The van der Waals surface area contributed by atoms with Crippen molar-refractivity contribution in [3.63, 3.8) is 0 Å². The number of hydrogen-bond donors (Lipinski definition) is 0. The van der Waals surface area contributed by atoms with E-state index in [-0.39, 0.29) is 31.1 Å². The zero-order valence-electron chi connectivity index (χ0n) is 39.7. The van der Waals surface area contributed by atoms with Gasteiger partial charge in [0.1, 0.15) is 13.2 Å². The maximum Gasteiger partial charge on any atom is 0.306 e. The normalized spacial score (nSPS) is 12.5. The molecule has 0 heterocycles. The Kier molecular flexibility index (Phi) is 43.7. The van der Waals surface area contributed by atoms with Crippen LogP contribution >= 0.6 is 0 Å². The molecule has 344 valence electrons. The van der Waals surface area contributed by atoms with Gasteiger partial charge in [0.25, 0.3) is 0 Å². The molecule has 0 radical (unpaired) electrons. The van der Waals surface area contributed by atoms with Crippen molar-refractivity contribution in [3.05, 3.63) is 0 Å². The monoisotopic (exact) mass is 821 g/mol. The second-order valence-electron chi connectivity index (χ2n) is 18.5. The molecule has 0 aliphatic heterocycles. The molecule has 0 N–H and O–H groups in total. The standard InChI is InChI=1S/C52H100O6/c1-6-8-9-10-11-20-29-34-39-44-52(55)58-49(46-57-51(54)43-38-33-28-24-23-26-31-36-41-48(5)7-2)45-56-50(53)42-37-32-27-22-19-17-15-13-12-14-16-18-21-25-30-35-40-47(3)4/h47-49H,6-46H2,1-5H3/t48?,49-/m1/s1. The van der Waals surface area contributed by atoms with Gasteiger partial charge in [0.05, 0.1) is 0 Å².